The highest BCUT2D eigenvalue weighted by Gasteiger charge is 2.41. The summed E-state index contributed by atoms with van der Waals surface area (Å²) in [7, 11) is -1.10. The van der Waals surface area contributed by atoms with Crippen molar-refractivity contribution in [3.63, 3.8) is 0 Å². The molecule has 2 aromatic rings. The molecule has 0 spiro atoms. The van der Waals surface area contributed by atoms with E-state index in [0.29, 0.717) is 11.4 Å². The van der Waals surface area contributed by atoms with Gasteiger partial charge >= 0.3 is 6.18 Å². The molecule has 0 aliphatic heterocycles. The van der Waals surface area contributed by atoms with Crippen molar-refractivity contribution in [3.8, 4) is 11.5 Å². The van der Waals surface area contributed by atoms with Gasteiger partial charge in [0.15, 0.2) is 5.69 Å². The number of aromatic nitrogens is 2. The predicted molar refractivity (Wildman–Crippen MR) is 104 cm³/mol. The van der Waals surface area contributed by atoms with Crippen molar-refractivity contribution in [1.29, 1.82) is 0 Å². The molecular weight excluding hydrogens is 447 g/mol. The van der Waals surface area contributed by atoms with Crippen LogP contribution in [0, 0.1) is 0 Å². The Hall–Kier alpha value is -1.98. The molecular formula is C18H21ClF3N3O4S. The van der Waals surface area contributed by atoms with E-state index in [1.54, 1.807) is 0 Å². The number of methoxy groups -OCH3 is 2. The summed E-state index contributed by atoms with van der Waals surface area (Å²) in [6, 6.07) is 4.29. The fraction of sp³-hybridized carbons (Fsp3) is 0.500. The van der Waals surface area contributed by atoms with E-state index in [2.05, 4.69) is 9.82 Å². The lowest BCUT2D eigenvalue weighted by molar-refractivity contribution is -0.141. The number of benzene rings is 1. The minimum absolute atomic E-state index is 0.000450. The first-order valence-electron chi connectivity index (χ1n) is 9.13. The van der Waals surface area contributed by atoms with Gasteiger partial charge in [-0.1, -0.05) is 11.6 Å². The number of rotatable bonds is 9. The molecule has 1 aliphatic rings. The number of alkyl halides is 3. The highest BCUT2D eigenvalue weighted by molar-refractivity contribution is 7.89. The van der Waals surface area contributed by atoms with Gasteiger partial charge in [0.25, 0.3) is 0 Å². The van der Waals surface area contributed by atoms with Crippen LogP contribution in [0.5, 0.6) is 11.5 Å². The fourth-order valence-electron chi connectivity index (χ4n) is 3.06. The number of aryl methyl sites for hydroxylation is 1. The maximum Gasteiger partial charge on any atom is 0.436 e. The van der Waals surface area contributed by atoms with E-state index >= 15 is 0 Å². The van der Waals surface area contributed by atoms with Crippen molar-refractivity contribution < 1.29 is 31.1 Å². The smallest absolute Gasteiger partial charge is 0.436 e. The van der Waals surface area contributed by atoms with E-state index in [-0.39, 0.29) is 41.1 Å². The molecule has 12 heteroatoms. The van der Waals surface area contributed by atoms with E-state index in [0.717, 1.165) is 12.8 Å². The number of nitrogens with zero attached hydrogens (tertiary/aromatic N) is 2. The molecule has 0 amide bonds. The van der Waals surface area contributed by atoms with Crippen LogP contribution in [-0.2, 0) is 22.7 Å². The van der Waals surface area contributed by atoms with Crippen LogP contribution in [0.1, 0.15) is 36.6 Å². The Kier molecular flexibility index (Phi) is 6.54. The summed E-state index contributed by atoms with van der Waals surface area (Å²) < 4.78 is 78.3. The normalized spacial score (nSPS) is 14.7. The topological polar surface area (TPSA) is 82.5 Å². The number of nitrogens with one attached hydrogen (secondary N) is 1. The fourth-order valence-corrected chi connectivity index (χ4v) is 4.68. The maximum atomic E-state index is 13.1. The Morgan fingerprint density at radius 3 is 2.53 bits per heavy atom. The minimum atomic E-state index is -4.64. The summed E-state index contributed by atoms with van der Waals surface area (Å²) in [6.07, 6.45) is -2.90. The molecule has 1 aliphatic carbocycles. The first-order valence-corrected chi connectivity index (χ1v) is 11.0. The second kappa shape index (κ2) is 8.64. The highest BCUT2D eigenvalue weighted by Crippen LogP contribution is 2.46. The van der Waals surface area contributed by atoms with Crippen LogP contribution < -0.4 is 14.2 Å². The number of ether oxygens (including phenoxy) is 2. The molecule has 0 unspecified atom stereocenters. The Bertz CT molecular complexity index is 1020. The van der Waals surface area contributed by atoms with Crippen LogP contribution in [0.25, 0.3) is 0 Å². The number of sulfonamides is 1. The van der Waals surface area contributed by atoms with E-state index in [1.807, 2.05) is 0 Å². The first kappa shape index (κ1) is 22.7. The van der Waals surface area contributed by atoms with Crippen LogP contribution in [0.3, 0.4) is 0 Å². The SMILES string of the molecule is COc1ccc(S(=O)(=O)NCCCn2nc(C(F)(F)F)c(Cl)c2C2CC2)c(OC)c1. The van der Waals surface area contributed by atoms with Crippen molar-refractivity contribution in [2.75, 3.05) is 20.8 Å². The second-order valence-electron chi connectivity index (χ2n) is 6.81. The summed E-state index contributed by atoms with van der Waals surface area (Å²) in [5.41, 5.74) is -0.738. The zero-order valence-corrected chi connectivity index (χ0v) is 17.9. The zero-order chi connectivity index (χ0) is 22.1. The largest absolute Gasteiger partial charge is 0.497 e. The first-order chi connectivity index (χ1) is 14.1. The van der Waals surface area contributed by atoms with Gasteiger partial charge in [-0.2, -0.15) is 18.3 Å². The van der Waals surface area contributed by atoms with Crippen molar-refractivity contribution >= 4 is 21.6 Å². The van der Waals surface area contributed by atoms with Crippen molar-refractivity contribution in [2.45, 2.75) is 42.8 Å². The van der Waals surface area contributed by atoms with Crippen LogP contribution in [-0.4, -0.2) is 39.0 Å². The Balaban J connectivity index is 1.68. The van der Waals surface area contributed by atoms with Crippen LogP contribution in [0.2, 0.25) is 5.02 Å². The van der Waals surface area contributed by atoms with Crippen molar-refractivity contribution in [2.24, 2.45) is 0 Å². The summed E-state index contributed by atoms with van der Waals surface area (Å²) in [6.45, 7) is 0.102. The molecule has 1 heterocycles. The lowest BCUT2D eigenvalue weighted by Crippen LogP contribution is -2.26. The molecule has 166 valence electrons. The molecule has 3 rings (SSSR count). The monoisotopic (exact) mass is 467 g/mol. The molecule has 1 saturated carbocycles. The summed E-state index contributed by atoms with van der Waals surface area (Å²) in [5.74, 6) is 0.516. The molecule has 0 radical (unpaired) electrons. The van der Waals surface area contributed by atoms with Crippen LogP contribution in [0.4, 0.5) is 13.2 Å². The van der Waals surface area contributed by atoms with Gasteiger partial charge in [-0.25, -0.2) is 13.1 Å². The Morgan fingerprint density at radius 1 is 1.27 bits per heavy atom. The van der Waals surface area contributed by atoms with Gasteiger partial charge in [-0.15, -0.1) is 0 Å². The van der Waals surface area contributed by atoms with E-state index in [4.69, 9.17) is 21.1 Å². The number of hydrogen-bond acceptors (Lipinski definition) is 5. The molecule has 1 aromatic carbocycles. The maximum absolute atomic E-state index is 13.1. The molecule has 0 atom stereocenters. The van der Waals surface area contributed by atoms with Gasteiger partial charge in [-0.3, -0.25) is 4.68 Å². The Labute approximate surface area is 177 Å². The van der Waals surface area contributed by atoms with Crippen LogP contribution >= 0.6 is 11.6 Å². The van der Waals surface area contributed by atoms with Crippen molar-refractivity contribution in [3.05, 3.63) is 34.6 Å². The Morgan fingerprint density at radius 2 is 1.97 bits per heavy atom. The molecule has 0 saturated heterocycles. The van der Waals surface area contributed by atoms with Crippen LogP contribution in [0.15, 0.2) is 23.1 Å². The molecule has 1 aromatic heterocycles. The number of halogens is 4. The second-order valence-corrected chi connectivity index (χ2v) is 8.92. The molecule has 1 fully saturated rings. The number of hydrogen-bond donors (Lipinski definition) is 1. The standard InChI is InChI=1S/C18H21ClF3N3O4S/c1-28-12-6-7-14(13(10-12)29-2)30(26,27)23-8-3-9-25-16(11-4-5-11)15(19)17(24-25)18(20,21)22/h6-7,10-11,23H,3-5,8-9H2,1-2H3. The van der Waals surface area contributed by atoms with E-state index < -0.39 is 21.9 Å². The third-order valence-corrected chi connectivity index (χ3v) is 6.54. The van der Waals surface area contributed by atoms with Gasteiger partial charge in [0.05, 0.1) is 24.9 Å². The lowest BCUT2D eigenvalue weighted by atomic mass is 10.2. The predicted octanol–water partition coefficient (Wildman–Crippen LogP) is 3.82. The summed E-state index contributed by atoms with van der Waals surface area (Å²) in [5, 5.41) is 3.26. The summed E-state index contributed by atoms with van der Waals surface area (Å²) in [4.78, 5) is -0.0639. The van der Waals surface area contributed by atoms with E-state index in [9.17, 15) is 21.6 Å². The van der Waals surface area contributed by atoms with Gasteiger partial charge in [0.1, 0.15) is 16.4 Å². The lowest BCUT2D eigenvalue weighted by Gasteiger charge is -2.12. The zero-order valence-electron chi connectivity index (χ0n) is 16.3. The molecule has 30 heavy (non-hydrogen) atoms. The van der Waals surface area contributed by atoms with Gasteiger partial charge in [-0.05, 0) is 31.4 Å². The highest BCUT2D eigenvalue weighted by atomic mass is 35.5. The minimum Gasteiger partial charge on any atom is -0.497 e. The average molecular weight is 468 g/mol. The third kappa shape index (κ3) is 4.84. The van der Waals surface area contributed by atoms with Gasteiger partial charge in [0.2, 0.25) is 10.0 Å². The summed E-state index contributed by atoms with van der Waals surface area (Å²) >= 11 is 5.93. The van der Waals surface area contributed by atoms with Gasteiger partial charge in [0, 0.05) is 25.1 Å². The third-order valence-electron chi connectivity index (χ3n) is 4.66. The quantitative estimate of drug-likeness (QED) is 0.567. The van der Waals surface area contributed by atoms with E-state index in [1.165, 1.54) is 37.1 Å². The van der Waals surface area contributed by atoms with Gasteiger partial charge < -0.3 is 9.47 Å². The molecule has 0 bridgehead atoms. The molecule has 1 N–H and O–H groups in total. The molecule has 7 nitrogen and oxygen atoms in total. The average Bonchev–Trinajstić information content (AvgIpc) is 3.46. The van der Waals surface area contributed by atoms with Crippen molar-refractivity contribution in [1.82, 2.24) is 14.5 Å².